The molecular weight excluding hydrogens is 479 g/mol. The molecule has 0 aliphatic rings. The van der Waals surface area contributed by atoms with Gasteiger partial charge in [0.05, 0.1) is 23.6 Å². The van der Waals surface area contributed by atoms with Crippen LogP contribution in [0.2, 0.25) is 10.0 Å². The van der Waals surface area contributed by atoms with E-state index in [1.54, 1.807) is 23.1 Å². The van der Waals surface area contributed by atoms with Gasteiger partial charge in [0.1, 0.15) is 0 Å². The second-order valence-corrected chi connectivity index (χ2v) is 9.11. The lowest BCUT2D eigenvalue weighted by Gasteiger charge is -2.24. The van der Waals surface area contributed by atoms with Crippen molar-refractivity contribution in [1.29, 1.82) is 0 Å². The highest BCUT2D eigenvalue weighted by atomic mass is 35.5. The standard InChI is InChI=1S/C29H24Cl2N2O2/c1-20-7-5-11-24(15-20)32-28(34)17-22-10-6-12-25(16-22)33(19-21-8-3-2-4-9-21)29(35)26-14-13-23(30)18-27(26)31/h2-16,18H,17,19H2,1H3,(H,32,34). The van der Waals surface area contributed by atoms with E-state index < -0.39 is 0 Å². The third kappa shape index (κ3) is 6.50. The number of nitrogens with zero attached hydrogens (tertiary/aromatic N) is 1. The van der Waals surface area contributed by atoms with Gasteiger partial charge in [0.15, 0.2) is 0 Å². The second-order valence-electron chi connectivity index (χ2n) is 8.27. The van der Waals surface area contributed by atoms with Crippen molar-refractivity contribution in [1.82, 2.24) is 0 Å². The predicted molar refractivity (Wildman–Crippen MR) is 143 cm³/mol. The molecule has 6 heteroatoms. The number of aryl methyl sites for hydroxylation is 1. The van der Waals surface area contributed by atoms with Crippen LogP contribution in [-0.4, -0.2) is 11.8 Å². The first-order valence-electron chi connectivity index (χ1n) is 11.2. The molecule has 1 N–H and O–H groups in total. The normalized spacial score (nSPS) is 10.6. The van der Waals surface area contributed by atoms with E-state index in [-0.39, 0.29) is 23.3 Å². The maximum atomic E-state index is 13.6. The van der Waals surface area contributed by atoms with E-state index in [0.29, 0.717) is 22.8 Å². The van der Waals surface area contributed by atoms with Gasteiger partial charge in [0.25, 0.3) is 5.91 Å². The van der Waals surface area contributed by atoms with Gasteiger partial charge in [-0.2, -0.15) is 0 Å². The molecule has 0 aliphatic carbocycles. The van der Waals surface area contributed by atoms with Crippen LogP contribution in [0, 0.1) is 6.92 Å². The summed E-state index contributed by atoms with van der Waals surface area (Å²) in [4.78, 5) is 27.9. The first-order chi connectivity index (χ1) is 16.9. The number of halogens is 2. The van der Waals surface area contributed by atoms with Gasteiger partial charge in [-0.05, 0) is 66.1 Å². The molecule has 4 aromatic carbocycles. The van der Waals surface area contributed by atoms with Crippen LogP contribution in [0.5, 0.6) is 0 Å². The zero-order valence-corrected chi connectivity index (χ0v) is 20.7. The van der Waals surface area contributed by atoms with Crippen molar-refractivity contribution in [3.63, 3.8) is 0 Å². The fourth-order valence-corrected chi connectivity index (χ4v) is 4.29. The van der Waals surface area contributed by atoms with Gasteiger partial charge in [-0.15, -0.1) is 0 Å². The molecule has 176 valence electrons. The summed E-state index contributed by atoms with van der Waals surface area (Å²) in [5, 5.41) is 3.68. The third-order valence-corrected chi connectivity index (χ3v) is 6.03. The summed E-state index contributed by atoms with van der Waals surface area (Å²) >= 11 is 12.4. The molecule has 0 aromatic heterocycles. The van der Waals surface area contributed by atoms with Crippen LogP contribution in [0.1, 0.15) is 27.0 Å². The SMILES string of the molecule is Cc1cccc(NC(=O)Cc2cccc(N(Cc3ccccc3)C(=O)c3ccc(Cl)cc3Cl)c2)c1. The van der Waals surface area contributed by atoms with Gasteiger partial charge >= 0.3 is 0 Å². The zero-order chi connectivity index (χ0) is 24.8. The molecule has 4 nitrogen and oxygen atoms in total. The molecule has 4 aromatic rings. The summed E-state index contributed by atoms with van der Waals surface area (Å²) in [6, 6.07) is 29.6. The first kappa shape index (κ1) is 24.5. The lowest BCUT2D eigenvalue weighted by Crippen LogP contribution is -2.30. The van der Waals surface area contributed by atoms with Crippen molar-refractivity contribution in [2.45, 2.75) is 19.9 Å². The highest BCUT2D eigenvalue weighted by Crippen LogP contribution is 2.27. The molecule has 0 saturated heterocycles. The fourth-order valence-electron chi connectivity index (χ4n) is 3.80. The number of carbonyl (C=O) groups excluding carboxylic acids is 2. The summed E-state index contributed by atoms with van der Waals surface area (Å²) in [6.07, 6.45) is 0.177. The maximum Gasteiger partial charge on any atom is 0.260 e. The molecule has 0 spiro atoms. The summed E-state index contributed by atoms with van der Waals surface area (Å²) in [6.45, 7) is 2.32. The van der Waals surface area contributed by atoms with Crippen LogP contribution in [0.15, 0.2) is 97.1 Å². The average molecular weight is 503 g/mol. The van der Waals surface area contributed by atoms with Crippen molar-refractivity contribution in [3.8, 4) is 0 Å². The van der Waals surface area contributed by atoms with Crippen molar-refractivity contribution < 1.29 is 9.59 Å². The number of anilines is 2. The molecule has 2 amide bonds. The van der Waals surface area contributed by atoms with E-state index in [1.807, 2.05) is 85.8 Å². The highest BCUT2D eigenvalue weighted by molar-refractivity contribution is 6.37. The minimum Gasteiger partial charge on any atom is -0.326 e. The van der Waals surface area contributed by atoms with Gasteiger partial charge in [-0.1, -0.05) is 77.8 Å². The lowest BCUT2D eigenvalue weighted by atomic mass is 10.1. The summed E-state index contributed by atoms with van der Waals surface area (Å²) in [7, 11) is 0. The molecule has 0 radical (unpaired) electrons. The Morgan fingerprint density at radius 1 is 0.800 bits per heavy atom. The maximum absolute atomic E-state index is 13.6. The van der Waals surface area contributed by atoms with E-state index in [1.165, 1.54) is 0 Å². The summed E-state index contributed by atoms with van der Waals surface area (Å²) in [5.74, 6) is -0.383. The fraction of sp³-hybridized carbons (Fsp3) is 0.103. The Balaban J connectivity index is 1.61. The summed E-state index contributed by atoms with van der Waals surface area (Å²) in [5.41, 5.74) is 4.61. The van der Waals surface area contributed by atoms with E-state index in [2.05, 4.69) is 5.32 Å². The van der Waals surface area contributed by atoms with Crippen LogP contribution in [-0.2, 0) is 17.8 Å². The number of hydrogen-bond acceptors (Lipinski definition) is 2. The minimum absolute atomic E-state index is 0.130. The molecular formula is C29H24Cl2N2O2. The molecule has 0 bridgehead atoms. The third-order valence-electron chi connectivity index (χ3n) is 5.48. The van der Waals surface area contributed by atoms with Crippen molar-refractivity contribution in [3.05, 3.63) is 129 Å². The van der Waals surface area contributed by atoms with Crippen LogP contribution >= 0.6 is 23.2 Å². The van der Waals surface area contributed by atoms with Gasteiger partial charge in [-0.25, -0.2) is 0 Å². The van der Waals surface area contributed by atoms with Gasteiger partial charge in [0.2, 0.25) is 5.91 Å². The van der Waals surface area contributed by atoms with Crippen LogP contribution in [0.3, 0.4) is 0 Å². The number of rotatable bonds is 7. The van der Waals surface area contributed by atoms with Gasteiger partial charge in [0, 0.05) is 16.4 Å². The van der Waals surface area contributed by atoms with E-state index in [9.17, 15) is 9.59 Å². The molecule has 4 rings (SSSR count). The van der Waals surface area contributed by atoms with Crippen molar-refractivity contribution in [2.75, 3.05) is 10.2 Å². The van der Waals surface area contributed by atoms with Gasteiger partial charge < -0.3 is 10.2 Å². The molecule has 0 fully saturated rings. The number of carbonyl (C=O) groups is 2. The topological polar surface area (TPSA) is 49.4 Å². The van der Waals surface area contributed by atoms with E-state index in [4.69, 9.17) is 23.2 Å². The Hall–Kier alpha value is -3.60. The Morgan fingerprint density at radius 3 is 2.29 bits per heavy atom. The van der Waals surface area contributed by atoms with Crippen molar-refractivity contribution in [2.24, 2.45) is 0 Å². The van der Waals surface area contributed by atoms with Crippen LogP contribution < -0.4 is 10.2 Å². The highest BCUT2D eigenvalue weighted by Gasteiger charge is 2.21. The largest absolute Gasteiger partial charge is 0.326 e. The van der Waals surface area contributed by atoms with E-state index in [0.717, 1.165) is 22.4 Å². The number of nitrogens with one attached hydrogen (secondary N) is 1. The predicted octanol–water partition coefficient (Wildman–Crippen LogP) is 7.33. The molecule has 35 heavy (non-hydrogen) atoms. The number of benzene rings is 4. The molecule has 0 saturated carbocycles. The van der Waals surface area contributed by atoms with Crippen molar-refractivity contribution >= 4 is 46.4 Å². The van der Waals surface area contributed by atoms with Gasteiger partial charge in [-0.3, -0.25) is 9.59 Å². The molecule has 0 unspecified atom stereocenters. The molecule has 0 heterocycles. The van der Waals surface area contributed by atoms with E-state index >= 15 is 0 Å². The minimum atomic E-state index is -0.253. The first-order valence-corrected chi connectivity index (χ1v) is 11.9. The number of amides is 2. The Bertz CT molecular complexity index is 1360. The van der Waals surface area contributed by atoms with Crippen LogP contribution in [0.4, 0.5) is 11.4 Å². The second kappa shape index (κ2) is 11.2. The Labute approximate surface area is 215 Å². The average Bonchev–Trinajstić information content (AvgIpc) is 2.83. The summed E-state index contributed by atoms with van der Waals surface area (Å²) < 4.78 is 0. The zero-order valence-electron chi connectivity index (χ0n) is 19.2. The molecule has 0 atom stereocenters. The monoisotopic (exact) mass is 502 g/mol. The smallest absolute Gasteiger partial charge is 0.260 e. The number of hydrogen-bond donors (Lipinski definition) is 1. The quantitative estimate of drug-likeness (QED) is 0.287. The Morgan fingerprint density at radius 2 is 1.54 bits per heavy atom. The molecule has 0 aliphatic heterocycles. The Kier molecular flexibility index (Phi) is 7.86. The van der Waals surface area contributed by atoms with Crippen LogP contribution in [0.25, 0.3) is 0 Å². The lowest BCUT2D eigenvalue weighted by molar-refractivity contribution is -0.115.